The Morgan fingerprint density at radius 2 is 1.23 bits per heavy atom. The van der Waals surface area contributed by atoms with Crippen LogP contribution in [0, 0.1) is 0 Å². The molecular formula is C29H18N4OS. The number of carbonyl (C=O) groups excluding carboxylic acids is 1. The lowest BCUT2D eigenvalue weighted by molar-refractivity contribution is -0.108. The van der Waals surface area contributed by atoms with Crippen LogP contribution in [0.2, 0.25) is 0 Å². The van der Waals surface area contributed by atoms with Crippen LogP contribution >= 0.6 is 10.0 Å². The number of hydrogen-bond donors (Lipinski definition) is 2. The Labute approximate surface area is 201 Å². The number of carbonyl (C=O) groups is 1. The number of H-pyrrole nitrogens is 2. The smallest absolute Gasteiger partial charge is 0.194 e. The summed E-state index contributed by atoms with van der Waals surface area (Å²) >= 11 is 0. The number of aromatic nitrogens is 4. The van der Waals surface area contributed by atoms with E-state index < -0.39 is 10.0 Å². The number of fused-ring (bicyclic) bond motifs is 15. The van der Waals surface area contributed by atoms with E-state index in [-0.39, 0.29) is 10.5 Å². The Hall–Kier alpha value is -4.16. The van der Waals surface area contributed by atoms with Crippen LogP contribution in [0.3, 0.4) is 0 Å². The number of rotatable bonds is 0. The Balaban J connectivity index is 1.40. The standard InChI is InChI=1S/C29H18N4OS/c34-29-27-22-4-2-1-3-21(22)26-25-23-13-19-9-7-17(31-19)11-15-5-6-16(30-15)12-18-8-10-20(32-18)14-24(33-23)28(25)35(26,27)29/h1-14,26-27,30,33H. The zero-order chi connectivity index (χ0) is 22.9. The first kappa shape index (κ1) is 18.2. The van der Waals surface area contributed by atoms with E-state index in [1.807, 2.05) is 24.3 Å². The van der Waals surface area contributed by atoms with Crippen LogP contribution < -0.4 is 0 Å². The molecule has 166 valence electrons. The van der Waals surface area contributed by atoms with Gasteiger partial charge in [-0.3, -0.25) is 4.79 Å². The van der Waals surface area contributed by atoms with E-state index in [2.05, 4.69) is 70.6 Å². The fraction of sp³-hybridized carbons (Fsp3) is 0.0690. The van der Waals surface area contributed by atoms with Crippen molar-refractivity contribution in [1.29, 1.82) is 0 Å². The molecule has 1 aromatic carbocycles. The average molecular weight is 471 g/mol. The molecule has 6 heteroatoms. The second-order valence-corrected chi connectivity index (χ2v) is 12.8. The Kier molecular flexibility index (Phi) is 3.07. The minimum Gasteiger partial charge on any atom is -0.355 e. The predicted octanol–water partition coefficient (Wildman–Crippen LogP) is 6.52. The van der Waals surface area contributed by atoms with Crippen LogP contribution in [0.15, 0.2) is 65.6 Å². The maximum absolute atomic E-state index is 13.3. The molecule has 5 nitrogen and oxygen atoms in total. The second kappa shape index (κ2) is 5.90. The van der Waals surface area contributed by atoms with E-state index in [9.17, 15) is 4.79 Å². The lowest BCUT2D eigenvalue weighted by Gasteiger charge is -2.38. The Morgan fingerprint density at radius 1 is 0.657 bits per heavy atom. The third-order valence-electron chi connectivity index (χ3n) is 7.73. The molecule has 0 saturated carbocycles. The predicted molar refractivity (Wildman–Crippen MR) is 141 cm³/mol. The van der Waals surface area contributed by atoms with E-state index in [0.717, 1.165) is 44.8 Å². The van der Waals surface area contributed by atoms with E-state index in [0.29, 0.717) is 5.12 Å². The van der Waals surface area contributed by atoms with Gasteiger partial charge in [-0.15, -0.1) is 10.0 Å². The van der Waals surface area contributed by atoms with Crippen LogP contribution in [-0.4, -0.2) is 25.1 Å². The van der Waals surface area contributed by atoms with Gasteiger partial charge in [0.1, 0.15) is 0 Å². The minimum atomic E-state index is -1.51. The molecule has 1 fully saturated rings. The summed E-state index contributed by atoms with van der Waals surface area (Å²) in [5, 5.41) is 0.708. The maximum Gasteiger partial charge on any atom is 0.194 e. The molecule has 3 atom stereocenters. The van der Waals surface area contributed by atoms with Crippen LogP contribution in [0.4, 0.5) is 0 Å². The molecule has 1 spiro atoms. The van der Waals surface area contributed by atoms with Gasteiger partial charge in [0.2, 0.25) is 0 Å². The number of nitrogens with zero attached hydrogens (tertiary/aromatic N) is 2. The summed E-state index contributed by atoms with van der Waals surface area (Å²) in [7, 11) is -1.51. The topological polar surface area (TPSA) is 74.4 Å². The highest BCUT2D eigenvalue weighted by Crippen LogP contribution is 3.00. The average Bonchev–Trinajstić information content (AvgIpc) is 3.44. The van der Waals surface area contributed by atoms with Crippen molar-refractivity contribution in [2.24, 2.45) is 0 Å². The van der Waals surface area contributed by atoms with Crippen LogP contribution in [0.25, 0.3) is 46.4 Å². The van der Waals surface area contributed by atoms with Gasteiger partial charge in [0.05, 0.1) is 38.8 Å². The first-order valence-electron chi connectivity index (χ1n) is 11.8. The number of benzene rings is 1. The van der Waals surface area contributed by atoms with E-state index in [1.165, 1.54) is 21.6 Å². The molecule has 8 heterocycles. The lowest BCUT2D eigenvalue weighted by atomic mass is 9.98. The fourth-order valence-electron chi connectivity index (χ4n) is 6.34. The quantitative estimate of drug-likeness (QED) is 0.248. The maximum atomic E-state index is 13.3. The zero-order valence-electron chi connectivity index (χ0n) is 18.4. The largest absolute Gasteiger partial charge is 0.355 e. The summed E-state index contributed by atoms with van der Waals surface area (Å²) in [6.07, 6.45) is 8.17. The molecule has 3 aromatic heterocycles. The van der Waals surface area contributed by atoms with E-state index in [4.69, 9.17) is 9.97 Å². The molecule has 1 saturated heterocycles. The molecule has 2 N–H and O–H groups in total. The van der Waals surface area contributed by atoms with Gasteiger partial charge in [-0.2, -0.15) is 0 Å². The van der Waals surface area contributed by atoms with Gasteiger partial charge in [0, 0.05) is 27.0 Å². The van der Waals surface area contributed by atoms with Crippen LogP contribution in [-0.2, 0) is 4.79 Å². The molecular weight excluding hydrogens is 452 g/mol. The van der Waals surface area contributed by atoms with Crippen molar-refractivity contribution in [3.63, 3.8) is 0 Å². The van der Waals surface area contributed by atoms with Crippen molar-refractivity contribution in [2.75, 3.05) is 0 Å². The molecule has 0 amide bonds. The minimum absolute atomic E-state index is 0.0673. The van der Waals surface area contributed by atoms with Crippen molar-refractivity contribution in [3.05, 3.63) is 100 Å². The van der Waals surface area contributed by atoms with E-state index >= 15 is 0 Å². The van der Waals surface area contributed by atoms with Crippen molar-refractivity contribution in [2.45, 2.75) is 15.4 Å². The first-order chi connectivity index (χ1) is 17.2. The first-order valence-corrected chi connectivity index (χ1v) is 13.5. The summed E-state index contributed by atoms with van der Waals surface area (Å²) in [6, 6.07) is 21.0. The van der Waals surface area contributed by atoms with Gasteiger partial charge in [-0.05, 0) is 71.8 Å². The molecule has 0 aliphatic carbocycles. The highest BCUT2D eigenvalue weighted by atomic mass is 32.3. The molecule has 5 aliphatic rings. The summed E-state index contributed by atoms with van der Waals surface area (Å²) < 4.78 is 0. The van der Waals surface area contributed by atoms with Gasteiger partial charge in [-0.1, -0.05) is 24.3 Å². The summed E-state index contributed by atoms with van der Waals surface area (Å²) in [4.78, 5) is 31.3. The molecule has 0 radical (unpaired) electrons. The van der Waals surface area contributed by atoms with Crippen LogP contribution in [0.1, 0.15) is 50.0 Å². The van der Waals surface area contributed by atoms with Crippen molar-refractivity contribution >= 4 is 61.5 Å². The molecule has 35 heavy (non-hydrogen) atoms. The monoisotopic (exact) mass is 470 g/mol. The van der Waals surface area contributed by atoms with Crippen molar-refractivity contribution in [1.82, 2.24) is 19.9 Å². The van der Waals surface area contributed by atoms with Crippen LogP contribution in [0.5, 0.6) is 0 Å². The third kappa shape index (κ3) is 2.14. The molecule has 8 bridgehead atoms. The number of nitrogens with one attached hydrogen (secondary N) is 2. The van der Waals surface area contributed by atoms with Gasteiger partial charge < -0.3 is 9.97 Å². The highest BCUT2D eigenvalue weighted by Gasteiger charge is 2.77. The lowest BCUT2D eigenvalue weighted by Crippen LogP contribution is -2.14. The van der Waals surface area contributed by atoms with Crippen molar-refractivity contribution in [3.8, 4) is 0 Å². The molecule has 3 unspecified atom stereocenters. The third-order valence-corrected chi connectivity index (χ3v) is 11.9. The van der Waals surface area contributed by atoms with Gasteiger partial charge in [0.25, 0.3) is 0 Å². The number of hydrogen-bond acceptors (Lipinski definition) is 3. The normalized spacial score (nSPS) is 25.8. The fourth-order valence-corrected chi connectivity index (χ4v) is 11.2. The van der Waals surface area contributed by atoms with E-state index in [1.54, 1.807) is 0 Å². The Morgan fingerprint density at radius 3 is 1.89 bits per heavy atom. The van der Waals surface area contributed by atoms with Gasteiger partial charge in [-0.25, -0.2) is 9.97 Å². The Bertz CT molecular complexity index is 1910. The number of aromatic amines is 2. The summed E-state index contributed by atoms with van der Waals surface area (Å²) in [5.41, 5.74) is 11.6. The summed E-state index contributed by atoms with van der Waals surface area (Å²) in [5.74, 6) is 0. The molecule has 4 aromatic rings. The zero-order valence-corrected chi connectivity index (χ0v) is 19.3. The molecule has 9 rings (SSSR count). The second-order valence-electron chi connectivity index (χ2n) is 9.65. The SMILES string of the molecule is O=C1C2c3ccccc3C3c4c(c5cc6nc(cc7ccc(cc8nc(cc4[nH]5)C=C8)[nH]7)C=C6)S123. The van der Waals surface area contributed by atoms with Gasteiger partial charge >= 0.3 is 0 Å². The summed E-state index contributed by atoms with van der Waals surface area (Å²) in [6.45, 7) is 0. The van der Waals surface area contributed by atoms with Gasteiger partial charge in [0.15, 0.2) is 5.12 Å². The molecule has 5 aliphatic heterocycles. The highest BCUT2D eigenvalue weighted by molar-refractivity contribution is 8.55. The van der Waals surface area contributed by atoms with Crippen molar-refractivity contribution < 1.29 is 4.79 Å².